The van der Waals surface area contributed by atoms with E-state index < -0.39 is 0 Å². The summed E-state index contributed by atoms with van der Waals surface area (Å²) in [6.07, 6.45) is 3.45. The Morgan fingerprint density at radius 3 is 2.56 bits per heavy atom. The minimum Gasteiger partial charge on any atom is -0.490 e. The van der Waals surface area contributed by atoms with Crippen LogP contribution in [0.5, 0.6) is 5.75 Å². The third-order valence-corrected chi connectivity index (χ3v) is 4.19. The Labute approximate surface area is 151 Å². The lowest BCUT2D eigenvalue weighted by Crippen LogP contribution is -2.52. The molecule has 0 spiro atoms. The lowest BCUT2D eigenvalue weighted by Gasteiger charge is -2.34. The van der Waals surface area contributed by atoms with Gasteiger partial charge in [-0.25, -0.2) is 14.8 Å². The van der Waals surface area contributed by atoms with Crippen molar-refractivity contribution in [3.05, 3.63) is 47.7 Å². The molecule has 1 aliphatic rings. The molecule has 25 heavy (non-hydrogen) atoms. The molecule has 0 unspecified atom stereocenters. The minimum absolute atomic E-state index is 0.0867. The van der Waals surface area contributed by atoms with Gasteiger partial charge in [-0.05, 0) is 18.2 Å². The Bertz CT molecular complexity index is 692. The Balaban J connectivity index is 1.37. The number of rotatable bonds is 5. The lowest BCUT2D eigenvalue weighted by molar-refractivity contribution is 0.191. The van der Waals surface area contributed by atoms with Gasteiger partial charge in [0.15, 0.2) is 0 Å². The summed E-state index contributed by atoms with van der Waals surface area (Å²) in [5.41, 5.74) is 0. The molecule has 2 amide bonds. The fourth-order valence-corrected chi connectivity index (χ4v) is 2.75. The molecule has 1 aromatic heterocycles. The van der Waals surface area contributed by atoms with Gasteiger partial charge in [-0.15, -0.1) is 0 Å². The van der Waals surface area contributed by atoms with E-state index in [0.29, 0.717) is 56.1 Å². The van der Waals surface area contributed by atoms with E-state index in [0.717, 1.165) is 0 Å². The molecule has 1 saturated heterocycles. The van der Waals surface area contributed by atoms with Crippen molar-refractivity contribution in [1.29, 1.82) is 0 Å². The summed E-state index contributed by atoms with van der Waals surface area (Å²) in [6, 6.07) is 8.97. The quantitative estimate of drug-likeness (QED) is 0.825. The number of hydrogen-bond donors (Lipinski definition) is 1. The van der Waals surface area contributed by atoms with Crippen LogP contribution in [0, 0.1) is 0 Å². The van der Waals surface area contributed by atoms with Gasteiger partial charge >= 0.3 is 6.03 Å². The maximum absolute atomic E-state index is 12.2. The maximum atomic E-state index is 12.2. The molecule has 0 atom stereocenters. The van der Waals surface area contributed by atoms with Gasteiger partial charge in [-0.1, -0.05) is 23.7 Å². The third-order valence-electron chi connectivity index (χ3n) is 3.87. The predicted molar refractivity (Wildman–Crippen MR) is 96.2 cm³/mol. The molecule has 1 aliphatic heterocycles. The zero-order valence-corrected chi connectivity index (χ0v) is 14.5. The van der Waals surface area contributed by atoms with E-state index >= 15 is 0 Å². The Morgan fingerprint density at radius 2 is 1.84 bits per heavy atom. The van der Waals surface area contributed by atoms with E-state index in [2.05, 4.69) is 20.2 Å². The Kier molecular flexibility index (Phi) is 5.90. The zero-order valence-electron chi connectivity index (χ0n) is 13.8. The predicted octanol–water partition coefficient (Wildman–Crippen LogP) is 2.04. The van der Waals surface area contributed by atoms with Crippen molar-refractivity contribution in [1.82, 2.24) is 20.2 Å². The number of amides is 2. The van der Waals surface area contributed by atoms with Crippen LogP contribution in [0.2, 0.25) is 5.02 Å². The molecule has 0 saturated carbocycles. The largest absolute Gasteiger partial charge is 0.490 e. The molecule has 2 heterocycles. The molecule has 3 rings (SSSR count). The van der Waals surface area contributed by atoms with Gasteiger partial charge < -0.3 is 19.9 Å². The highest BCUT2D eigenvalue weighted by molar-refractivity contribution is 6.32. The number of urea groups is 1. The van der Waals surface area contributed by atoms with Gasteiger partial charge in [-0.3, -0.25) is 0 Å². The van der Waals surface area contributed by atoms with Crippen molar-refractivity contribution >= 4 is 23.6 Å². The van der Waals surface area contributed by atoms with Crippen molar-refractivity contribution in [3.63, 3.8) is 0 Å². The SMILES string of the molecule is O=C(NCCOc1ccccc1Cl)N1CCN(c2ncccn2)CC1. The second-order valence-electron chi connectivity index (χ2n) is 5.53. The number of halogens is 1. The number of piperazine rings is 1. The molecule has 132 valence electrons. The lowest BCUT2D eigenvalue weighted by atomic mass is 10.3. The normalized spacial score (nSPS) is 14.3. The van der Waals surface area contributed by atoms with Gasteiger partial charge in [0.05, 0.1) is 11.6 Å². The van der Waals surface area contributed by atoms with E-state index in [9.17, 15) is 4.79 Å². The van der Waals surface area contributed by atoms with Crippen LogP contribution in [-0.2, 0) is 0 Å². The monoisotopic (exact) mass is 361 g/mol. The first-order valence-corrected chi connectivity index (χ1v) is 8.54. The van der Waals surface area contributed by atoms with Gasteiger partial charge in [0.2, 0.25) is 5.95 Å². The van der Waals surface area contributed by atoms with E-state index in [1.54, 1.807) is 35.5 Å². The summed E-state index contributed by atoms with van der Waals surface area (Å²) < 4.78 is 5.56. The molecule has 1 aromatic carbocycles. The van der Waals surface area contributed by atoms with E-state index in [4.69, 9.17) is 16.3 Å². The summed E-state index contributed by atoms with van der Waals surface area (Å²) >= 11 is 6.02. The zero-order chi connectivity index (χ0) is 17.5. The minimum atomic E-state index is -0.0867. The summed E-state index contributed by atoms with van der Waals surface area (Å²) in [5.74, 6) is 1.32. The molecule has 0 radical (unpaired) electrons. The Hall–Kier alpha value is -2.54. The standard InChI is InChI=1S/C17H20ClN5O2/c18-14-4-1-2-5-15(14)25-13-8-21-17(24)23-11-9-22(10-12-23)16-19-6-3-7-20-16/h1-7H,8-13H2,(H,21,24). The van der Waals surface area contributed by atoms with Gasteiger partial charge in [-0.2, -0.15) is 0 Å². The topological polar surface area (TPSA) is 70.6 Å². The van der Waals surface area contributed by atoms with Gasteiger partial charge in [0.25, 0.3) is 0 Å². The molecular weight excluding hydrogens is 342 g/mol. The molecule has 0 bridgehead atoms. The average molecular weight is 362 g/mol. The van der Waals surface area contributed by atoms with Crippen LogP contribution in [0.25, 0.3) is 0 Å². The fraction of sp³-hybridized carbons (Fsp3) is 0.353. The van der Waals surface area contributed by atoms with Crippen molar-refractivity contribution in [3.8, 4) is 5.75 Å². The van der Waals surface area contributed by atoms with Crippen LogP contribution in [0.4, 0.5) is 10.7 Å². The molecular formula is C17H20ClN5O2. The van der Waals surface area contributed by atoms with Crippen LogP contribution in [0.3, 0.4) is 0 Å². The van der Waals surface area contributed by atoms with E-state index in [1.807, 2.05) is 12.1 Å². The van der Waals surface area contributed by atoms with Crippen LogP contribution in [0.15, 0.2) is 42.7 Å². The summed E-state index contributed by atoms with van der Waals surface area (Å²) in [5, 5.41) is 3.43. The number of ether oxygens (including phenoxy) is 1. The van der Waals surface area contributed by atoms with Crippen LogP contribution in [0.1, 0.15) is 0 Å². The van der Waals surface area contributed by atoms with Crippen LogP contribution >= 0.6 is 11.6 Å². The molecule has 0 aliphatic carbocycles. The molecule has 8 heteroatoms. The third kappa shape index (κ3) is 4.73. The smallest absolute Gasteiger partial charge is 0.317 e. The summed E-state index contributed by atoms with van der Waals surface area (Å²) in [4.78, 5) is 24.5. The fourth-order valence-electron chi connectivity index (χ4n) is 2.56. The number of anilines is 1. The first-order chi connectivity index (χ1) is 12.2. The number of hydrogen-bond acceptors (Lipinski definition) is 5. The van der Waals surface area contributed by atoms with Gasteiger partial charge in [0, 0.05) is 38.6 Å². The van der Waals surface area contributed by atoms with E-state index in [-0.39, 0.29) is 6.03 Å². The first kappa shape index (κ1) is 17.3. The number of carbonyl (C=O) groups is 1. The van der Waals surface area contributed by atoms with Crippen molar-refractivity contribution in [2.75, 3.05) is 44.2 Å². The molecule has 2 aromatic rings. The first-order valence-electron chi connectivity index (χ1n) is 8.16. The highest BCUT2D eigenvalue weighted by atomic mass is 35.5. The van der Waals surface area contributed by atoms with Crippen LogP contribution < -0.4 is 15.0 Å². The average Bonchev–Trinajstić information content (AvgIpc) is 2.67. The van der Waals surface area contributed by atoms with Crippen LogP contribution in [-0.4, -0.2) is 60.2 Å². The molecule has 1 fully saturated rings. The second kappa shape index (κ2) is 8.53. The number of benzene rings is 1. The van der Waals surface area contributed by atoms with Crippen molar-refractivity contribution < 1.29 is 9.53 Å². The van der Waals surface area contributed by atoms with Crippen molar-refractivity contribution in [2.24, 2.45) is 0 Å². The number of nitrogens with one attached hydrogen (secondary N) is 1. The second-order valence-corrected chi connectivity index (χ2v) is 5.94. The highest BCUT2D eigenvalue weighted by Gasteiger charge is 2.22. The molecule has 1 N–H and O–H groups in total. The Morgan fingerprint density at radius 1 is 1.12 bits per heavy atom. The number of para-hydroxylation sites is 1. The number of carbonyl (C=O) groups excluding carboxylic acids is 1. The number of aromatic nitrogens is 2. The summed E-state index contributed by atoms with van der Waals surface area (Å²) in [7, 11) is 0. The molecule has 7 nitrogen and oxygen atoms in total. The van der Waals surface area contributed by atoms with Crippen molar-refractivity contribution in [2.45, 2.75) is 0 Å². The number of nitrogens with zero attached hydrogens (tertiary/aromatic N) is 4. The summed E-state index contributed by atoms with van der Waals surface area (Å²) in [6.45, 7) is 3.49. The highest BCUT2D eigenvalue weighted by Crippen LogP contribution is 2.22. The van der Waals surface area contributed by atoms with E-state index in [1.165, 1.54) is 0 Å². The maximum Gasteiger partial charge on any atom is 0.317 e. The van der Waals surface area contributed by atoms with Gasteiger partial charge in [0.1, 0.15) is 12.4 Å².